The minimum atomic E-state index is -1.42. The maximum absolute atomic E-state index is 8.40. The topological polar surface area (TPSA) is 91.1 Å². The molecule has 0 heterocycles. The van der Waals surface area contributed by atoms with Gasteiger partial charge in [0.25, 0.3) is 0 Å². The third kappa shape index (κ3) is 179. The molecule has 4 nitrogen and oxygen atoms in total. The summed E-state index contributed by atoms with van der Waals surface area (Å²) < 4.78 is 16.8. The molecule has 0 rings (SSSR count). The summed E-state index contributed by atoms with van der Waals surface area (Å²) >= 11 is 0. The van der Waals surface area contributed by atoms with Crippen LogP contribution in [0.15, 0.2) is 0 Å². The van der Waals surface area contributed by atoms with Crippen LogP contribution in [0.2, 0.25) is 0 Å². The molecule has 0 saturated carbocycles. The van der Waals surface area contributed by atoms with Crippen LogP contribution in [0.5, 0.6) is 0 Å². The van der Waals surface area contributed by atoms with E-state index in [9.17, 15) is 0 Å². The van der Waals surface area contributed by atoms with Crippen LogP contribution >= 0.6 is 0 Å². The van der Waals surface area contributed by atoms with Crippen molar-refractivity contribution in [2.45, 2.75) is 0 Å². The summed E-state index contributed by atoms with van der Waals surface area (Å²) in [6.07, 6.45) is 0. The van der Waals surface area contributed by atoms with Crippen LogP contribution in [0.3, 0.4) is 0 Å². The van der Waals surface area contributed by atoms with Gasteiger partial charge >= 0.3 is 48.4 Å². The Bertz CT molecular complexity index is 32.7. The van der Waals surface area contributed by atoms with Crippen molar-refractivity contribution >= 4 is 26.7 Å². The third-order valence-corrected chi connectivity index (χ3v) is 0. The van der Waals surface area contributed by atoms with E-state index in [-0.39, 0.29) is 50.0 Å². The number of rotatable bonds is 0. The molecule has 0 aliphatic carbocycles. The molecule has 7 heteroatoms. The van der Waals surface area contributed by atoms with Crippen molar-refractivity contribution in [3.8, 4) is 0 Å². The third-order valence-electron chi connectivity index (χ3n) is 0. The van der Waals surface area contributed by atoms with E-state index in [1.54, 1.807) is 0 Å². The van der Waals surface area contributed by atoms with Crippen LogP contribution in [-0.4, -0.2) is 26.7 Å². The molecule has 0 aliphatic heterocycles. The summed E-state index contributed by atoms with van der Waals surface area (Å²) in [7, 11) is -1.42. The first-order valence-electron chi connectivity index (χ1n) is 0.408. The molecule has 0 aromatic heterocycles. The first-order chi connectivity index (χ1) is 1.41. The Kier molecular flexibility index (Phi) is 397. The molecule has 0 atom stereocenters. The minimum Gasteiger partial charge on any atom is -2.00 e. The Balaban J connectivity index is -0.00000000333. The van der Waals surface area contributed by atoms with Gasteiger partial charge in [0.1, 0.15) is 0 Å². The van der Waals surface area contributed by atoms with E-state index in [1.807, 2.05) is 0 Å². The van der Waals surface area contributed by atoms with Crippen molar-refractivity contribution in [3.63, 3.8) is 0 Å². The van der Waals surface area contributed by atoms with Crippen molar-refractivity contribution < 1.29 is 41.6 Å². The van der Waals surface area contributed by atoms with Crippen LogP contribution in [0.1, 0.15) is 0 Å². The molecule has 0 radical (unpaired) electrons. The van der Waals surface area contributed by atoms with Gasteiger partial charge in [-0.25, -0.2) is 0 Å². The molecule has 0 aromatic rings. The predicted octanol–water partition coefficient (Wildman–Crippen LogP) is -1.24. The van der Waals surface area contributed by atoms with Gasteiger partial charge in [0.15, 0.2) is 0 Å². The van der Waals surface area contributed by atoms with Crippen molar-refractivity contribution in [3.05, 3.63) is 0 Å². The van der Waals surface area contributed by atoms with Crippen molar-refractivity contribution in [1.29, 1.82) is 0 Å². The zero-order chi connectivity index (χ0) is 2.71. The summed E-state index contributed by atoms with van der Waals surface area (Å²) in [6, 6.07) is 0. The van der Waals surface area contributed by atoms with Crippen LogP contribution in [0.4, 0.5) is 0 Å². The van der Waals surface area contributed by atoms with Crippen LogP contribution in [-0.2, 0) is 41.6 Å². The molecule has 0 aromatic carbocycles. The van der Waals surface area contributed by atoms with E-state index >= 15 is 0 Å². The van der Waals surface area contributed by atoms with E-state index in [0.717, 1.165) is 0 Å². The van der Waals surface area contributed by atoms with Gasteiger partial charge in [-0.3, -0.25) is 8.92 Å². The fourth-order valence-corrected chi connectivity index (χ4v) is 0. The summed E-state index contributed by atoms with van der Waals surface area (Å²) in [4.78, 5) is 0. The van der Waals surface area contributed by atoms with Crippen LogP contribution < -0.4 is 0 Å². The van der Waals surface area contributed by atoms with Gasteiger partial charge in [-0.2, -0.15) is 0 Å². The van der Waals surface area contributed by atoms with Gasteiger partial charge < -0.3 is 11.0 Å². The average molecular weight is 167 g/mol. The molecule has 0 amide bonds. The molecular formula is AlO4SiTi+3. The van der Waals surface area contributed by atoms with Gasteiger partial charge in [-0.1, -0.05) is 0 Å². The maximum atomic E-state index is 8.40. The molecule has 7 heavy (non-hydrogen) atoms. The average Bonchev–Trinajstić information content (AvgIpc) is 0.918. The van der Waals surface area contributed by atoms with Crippen LogP contribution in [0, 0.1) is 0 Å². The van der Waals surface area contributed by atoms with Gasteiger partial charge in [0, 0.05) is 0 Å². The molecule has 0 aliphatic rings. The standard InChI is InChI=1S/Al.O2Si.2O.Ti/c;1-3-2;;;/q+3;;2*-2;+4. The van der Waals surface area contributed by atoms with Crippen LogP contribution in [0.25, 0.3) is 0 Å². The molecule has 0 fully saturated rings. The molecule has 0 bridgehead atoms. The molecule has 0 unspecified atom stereocenters. The molecular weight excluding hydrogens is 167 g/mol. The zero-order valence-corrected chi connectivity index (χ0v) is 6.93. The second-order valence-electron chi connectivity index (χ2n) is 0.0833. The van der Waals surface area contributed by atoms with Crippen molar-refractivity contribution in [2.75, 3.05) is 0 Å². The molecule has 0 spiro atoms. The summed E-state index contributed by atoms with van der Waals surface area (Å²) in [6.45, 7) is 0. The minimum absolute atomic E-state index is 0. The maximum Gasteiger partial charge on any atom is 4.00 e. The second-order valence-corrected chi connectivity index (χ2v) is 0.250. The fraction of sp³-hybridized carbons (Fsp3) is 0. The Hall–Kier alpha value is 0.984. The SMILES string of the molecule is O=[Si]=O.[Al+3].[O-2].[O-2].[Ti+4]. The monoisotopic (exact) mass is 167 g/mol. The Labute approximate surface area is 68.2 Å². The molecule has 0 N–H and O–H groups in total. The summed E-state index contributed by atoms with van der Waals surface area (Å²) in [5.41, 5.74) is 0. The molecule has 0 saturated heterocycles. The van der Waals surface area contributed by atoms with Gasteiger partial charge in [0.05, 0.1) is 0 Å². The fourth-order valence-electron chi connectivity index (χ4n) is 0. The van der Waals surface area contributed by atoms with Crippen molar-refractivity contribution in [2.24, 2.45) is 0 Å². The Morgan fingerprint density at radius 3 is 1.00 bits per heavy atom. The van der Waals surface area contributed by atoms with Crippen molar-refractivity contribution in [1.82, 2.24) is 0 Å². The second kappa shape index (κ2) is 63.5. The predicted molar refractivity (Wildman–Crippen MR) is 14.3 cm³/mol. The quantitative estimate of drug-likeness (QED) is 0.422. The summed E-state index contributed by atoms with van der Waals surface area (Å²) in [5.74, 6) is 0. The van der Waals surface area contributed by atoms with E-state index in [1.165, 1.54) is 0 Å². The summed E-state index contributed by atoms with van der Waals surface area (Å²) in [5, 5.41) is 0. The first kappa shape index (κ1) is 43.7. The smallest absolute Gasteiger partial charge is 2.00 e. The Morgan fingerprint density at radius 2 is 1.00 bits per heavy atom. The van der Waals surface area contributed by atoms with E-state index in [2.05, 4.69) is 0 Å². The largest absolute Gasteiger partial charge is 4.00 e. The van der Waals surface area contributed by atoms with E-state index in [4.69, 9.17) is 8.92 Å². The van der Waals surface area contributed by atoms with E-state index in [0.29, 0.717) is 0 Å². The number of hydrogen-bond donors (Lipinski definition) is 0. The van der Waals surface area contributed by atoms with Gasteiger partial charge in [-0.15, -0.1) is 0 Å². The van der Waals surface area contributed by atoms with Gasteiger partial charge in [0.2, 0.25) is 0 Å². The Morgan fingerprint density at radius 1 is 1.00 bits per heavy atom. The van der Waals surface area contributed by atoms with E-state index < -0.39 is 9.29 Å². The van der Waals surface area contributed by atoms with Gasteiger partial charge in [-0.05, 0) is 0 Å². The normalized spacial score (nSPS) is 1.14. The zero-order valence-electron chi connectivity index (χ0n) is 3.21. The first-order valence-corrected chi connectivity index (χ1v) is 1.22. The number of hydrogen-bond acceptors (Lipinski definition) is 2. The molecule has 32 valence electrons.